The zero-order valence-corrected chi connectivity index (χ0v) is 19.8. The van der Waals surface area contributed by atoms with Crippen molar-refractivity contribution in [2.75, 3.05) is 12.4 Å². The smallest absolute Gasteiger partial charge is 0.255 e. The fourth-order valence-electron chi connectivity index (χ4n) is 3.44. The number of methoxy groups -OCH3 is 1. The van der Waals surface area contributed by atoms with Gasteiger partial charge in [-0.3, -0.25) is 14.2 Å². The van der Waals surface area contributed by atoms with Crippen LogP contribution < -0.4 is 10.1 Å². The molecule has 0 unspecified atom stereocenters. The number of hydrogen-bond donors (Lipinski definition) is 1. The molecule has 0 saturated heterocycles. The van der Waals surface area contributed by atoms with Crippen molar-refractivity contribution in [3.8, 4) is 5.75 Å². The maximum atomic E-state index is 12.6. The Morgan fingerprint density at radius 2 is 1.88 bits per heavy atom. The quantitative estimate of drug-likeness (QED) is 0.400. The fraction of sp³-hybridized carbons (Fsp3) is 0.208. The topological polar surface area (TPSA) is 74.0 Å². The van der Waals surface area contributed by atoms with E-state index < -0.39 is 0 Å². The maximum absolute atomic E-state index is 12.6. The van der Waals surface area contributed by atoms with Gasteiger partial charge in [0.2, 0.25) is 0 Å². The third-order valence-electron chi connectivity index (χ3n) is 5.21. The van der Waals surface area contributed by atoms with Gasteiger partial charge in [0.05, 0.1) is 47.9 Å². The standard InChI is InChI=1S/C24H24BrN5O2/c1-16-23(25)17(2)30(28-16)14-18-7-9-20(10-8-18)24(31)27-21-12-26-29(15-21)13-19-5-4-6-22(11-19)32-3/h4-12,15H,13-14H2,1-3H3,(H,27,31). The number of hydrogen-bond acceptors (Lipinski definition) is 4. The number of aryl methyl sites for hydroxylation is 1. The number of nitrogens with zero attached hydrogens (tertiary/aromatic N) is 4. The summed E-state index contributed by atoms with van der Waals surface area (Å²) < 4.78 is 10.0. The molecule has 2 aromatic heterocycles. The highest BCUT2D eigenvalue weighted by Crippen LogP contribution is 2.21. The molecule has 164 valence electrons. The van der Waals surface area contributed by atoms with Gasteiger partial charge in [-0.2, -0.15) is 10.2 Å². The van der Waals surface area contributed by atoms with Gasteiger partial charge in [0.1, 0.15) is 5.75 Å². The fourth-order valence-corrected chi connectivity index (χ4v) is 3.72. The number of aromatic nitrogens is 4. The molecule has 32 heavy (non-hydrogen) atoms. The van der Waals surface area contributed by atoms with Gasteiger partial charge in [-0.1, -0.05) is 24.3 Å². The first-order chi connectivity index (χ1) is 15.4. The van der Waals surface area contributed by atoms with Crippen molar-refractivity contribution < 1.29 is 9.53 Å². The van der Waals surface area contributed by atoms with Crippen molar-refractivity contribution in [1.82, 2.24) is 19.6 Å². The second kappa shape index (κ2) is 9.40. The summed E-state index contributed by atoms with van der Waals surface area (Å²) in [6.07, 6.45) is 3.46. The molecule has 0 aliphatic rings. The highest BCUT2D eigenvalue weighted by molar-refractivity contribution is 9.10. The summed E-state index contributed by atoms with van der Waals surface area (Å²) >= 11 is 3.55. The first kappa shape index (κ1) is 21.8. The van der Waals surface area contributed by atoms with Gasteiger partial charge in [-0.25, -0.2) is 0 Å². The van der Waals surface area contributed by atoms with E-state index in [9.17, 15) is 4.79 Å². The molecule has 4 aromatic rings. The summed E-state index contributed by atoms with van der Waals surface area (Å²) in [6.45, 7) is 5.24. The molecular weight excluding hydrogens is 470 g/mol. The summed E-state index contributed by atoms with van der Waals surface area (Å²) in [6, 6.07) is 15.4. The molecule has 0 atom stereocenters. The van der Waals surface area contributed by atoms with Gasteiger partial charge < -0.3 is 10.1 Å². The van der Waals surface area contributed by atoms with E-state index >= 15 is 0 Å². The van der Waals surface area contributed by atoms with Gasteiger partial charge in [-0.15, -0.1) is 0 Å². The Hall–Kier alpha value is -3.39. The van der Waals surface area contributed by atoms with Crippen LogP contribution in [0.3, 0.4) is 0 Å². The van der Waals surface area contributed by atoms with Crippen molar-refractivity contribution in [3.63, 3.8) is 0 Å². The normalized spacial score (nSPS) is 10.9. The lowest BCUT2D eigenvalue weighted by molar-refractivity contribution is 0.102. The van der Waals surface area contributed by atoms with Crippen LogP contribution in [0.5, 0.6) is 5.75 Å². The first-order valence-corrected chi connectivity index (χ1v) is 11.0. The third kappa shape index (κ3) is 4.91. The maximum Gasteiger partial charge on any atom is 0.255 e. The van der Waals surface area contributed by atoms with Crippen LogP contribution in [0.2, 0.25) is 0 Å². The molecule has 0 fully saturated rings. The van der Waals surface area contributed by atoms with Gasteiger partial charge in [0.25, 0.3) is 5.91 Å². The Bertz CT molecular complexity index is 1240. The number of rotatable bonds is 7. The van der Waals surface area contributed by atoms with E-state index in [1.807, 2.05) is 73.3 Å². The van der Waals surface area contributed by atoms with E-state index in [0.717, 1.165) is 32.7 Å². The molecule has 0 aliphatic carbocycles. The SMILES string of the molecule is COc1cccc(Cn2cc(NC(=O)c3ccc(Cn4nc(C)c(Br)c4C)cc3)cn2)c1. The number of carbonyl (C=O) groups is 1. The highest BCUT2D eigenvalue weighted by atomic mass is 79.9. The number of benzene rings is 2. The molecule has 0 saturated carbocycles. The molecule has 8 heteroatoms. The van der Waals surface area contributed by atoms with E-state index in [1.165, 1.54) is 0 Å². The van der Waals surface area contributed by atoms with Gasteiger partial charge in [0, 0.05) is 11.8 Å². The minimum absolute atomic E-state index is 0.175. The van der Waals surface area contributed by atoms with Crippen molar-refractivity contribution in [3.05, 3.63) is 93.5 Å². The van der Waals surface area contributed by atoms with Gasteiger partial charge in [0.15, 0.2) is 0 Å². The lowest BCUT2D eigenvalue weighted by Crippen LogP contribution is -2.12. The summed E-state index contributed by atoms with van der Waals surface area (Å²) in [5.74, 6) is 0.628. The van der Waals surface area contributed by atoms with Crippen LogP contribution in [0, 0.1) is 13.8 Å². The van der Waals surface area contributed by atoms with Crippen LogP contribution in [0.4, 0.5) is 5.69 Å². The molecule has 7 nitrogen and oxygen atoms in total. The van der Waals surface area contributed by atoms with E-state index in [2.05, 4.69) is 31.4 Å². The predicted molar refractivity (Wildman–Crippen MR) is 127 cm³/mol. The van der Waals surface area contributed by atoms with Crippen LogP contribution in [-0.2, 0) is 13.1 Å². The van der Waals surface area contributed by atoms with Crippen LogP contribution in [0.25, 0.3) is 0 Å². The van der Waals surface area contributed by atoms with E-state index in [0.29, 0.717) is 24.3 Å². The van der Waals surface area contributed by atoms with E-state index in [1.54, 1.807) is 18.0 Å². The number of carbonyl (C=O) groups excluding carboxylic acids is 1. The lowest BCUT2D eigenvalue weighted by Gasteiger charge is -2.07. The van der Waals surface area contributed by atoms with Gasteiger partial charge >= 0.3 is 0 Å². The van der Waals surface area contributed by atoms with Crippen LogP contribution in [0.15, 0.2) is 65.4 Å². The van der Waals surface area contributed by atoms with Crippen LogP contribution in [-0.4, -0.2) is 32.6 Å². The van der Waals surface area contributed by atoms with Crippen molar-refractivity contribution in [2.24, 2.45) is 0 Å². The Labute approximate surface area is 195 Å². The molecule has 0 radical (unpaired) electrons. The van der Waals surface area contributed by atoms with Crippen LogP contribution in [0.1, 0.15) is 32.9 Å². The second-order valence-corrected chi connectivity index (χ2v) is 8.36. The monoisotopic (exact) mass is 493 g/mol. The molecule has 1 N–H and O–H groups in total. The first-order valence-electron chi connectivity index (χ1n) is 10.2. The van der Waals surface area contributed by atoms with Crippen molar-refractivity contribution in [1.29, 1.82) is 0 Å². The third-order valence-corrected chi connectivity index (χ3v) is 6.36. The Kier molecular flexibility index (Phi) is 6.41. The summed E-state index contributed by atoms with van der Waals surface area (Å²) in [7, 11) is 1.64. The summed E-state index contributed by atoms with van der Waals surface area (Å²) in [5, 5.41) is 11.8. The molecule has 0 bridgehead atoms. The number of nitrogens with one attached hydrogen (secondary N) is 1. The molecule has 4 rings (SSSR count). The second-order valence-electron chi connectivity index (χ2n) is 7.57. The average molecular weight is 494 g/mol. The van der Waals surface area contributed by atoms with Crippen LogP contribution >= 0.6 is 15.9 Å². The van der Waals surface area contributed by atoms with E-state index in [4.69, 9.17) is 4.74 Å². The molecular formula is C24H24BrN5O2. The molecule has 2 heterocycles. The molecule has 1 amide bonds. The molecule has 2 aromatic carbocycles. The van der Waals surface area contributed by atoms with E-state index in [-0.39, 0.29) is 5.91 Å². The number of ether oxygens (including phenoxy) is 1. The average Bonchev–Trinajstić information content (AvgIpc) is 3.33. The molecule has 0 aliphatic heterocycles. The minimum atomic E-state index is -0.175. The Balaban J connectivity index is 1.38. The van der Waals surface area contributed by atoms with Crippen molar-refractivity contribution in [2.45, 2.75) is 26.9 Å². The Morgan fingerprint density at radius 3 is 2.56 bits per heavy atom. The largest absolute Gasteiger partial charge is 0.497 e. The summed E-state index contributed by atoms with van der Waals surface area (Å²) in [5.41, 5.74) is 5.42. The van der Waals surface area contributed by atoms with Gasteiger partial charge in [-0.05, 0) is 65.2 Å². The predicted octanol–water partition coefficient (Wildman–Crippen LogP) is 4.82. The number of halogens is 1. The lowest BCUT2D eigenvalue weighted by atomic mass is 10.1. The summed E-state index contributed by atoms with van der Waals surface area (Å²) in [4.78, 5) is 12.6. The zero-order valence-electron chi connectivity index (χ0n) is 18.2. The number of anilines is 1. The zero-order chi connectivity index (χ0) is 22.7. The molecule has 0 spiro atoms. The number of amides is 1. The highest BCUT2D eigenvalue weighted by Gasteiger charge is 2.11. The Morgan fingerprint density at radius 1 is 1.09 bits per heavy atom. The van der Waals surface area contributed by atoms with Crippen molar-refractivity contribution >= 4 is 27.5 Å². The minimum Gasteiger partial charge on any atom is -0.497 e.